The Morgan fingerprint density at radius 3 is 2.07 bits per heavy atom. The summed E-state index contributed by atoms with van der Waals surface area (Å²) in [7, 11) is -3.79. The molecule has 30 heavy (non-hydrogen) atoms. The second kappa shape index (κ2) is 8.61. The van der Waals surface area contributed by atoms with E-state index in [2.05, 4.69) is 17.0 Å². The van der Waals surface area contributed by atoms with E-state index in [0.717, 1.165) is 38.0 Å². The van der Waals surface area contributed by atoms with E-state index >= 15 is 0 Å². The van der Waals surface area contributed by atoms with Crippen molar-refractivity contribution in [2.24, 2.45) is 0 Å². The second-order valence-electron chi connectivity index (χ2n) is 7.68. The number of para-hydroxylation sites is 1. The van der Waals surface area contributed by atoms with Gasteiger partial charge in [0.1, 0.15) is 4.90 Å². The maximum Gasteiger partial charge on any atom is 0.270 e. The fraction of sp³-hybridized carbons (Fsp3) is 0.429. The Morgan fingerprint density at radius 2 is 1.43 bits per heavy atom. The zero-order valence-electron chi connectivity index (χ0n) is 16.8. The third-order valence-electron chi connectivity index (χ3n) is 5.83. The van der Waals surface area contributed by atoms with Crippen molar-refractivity contribution in [3.05, 3.63) is 58.6 Å². The third kappa shape index (κ3) is 4.13. The number of nitro groups is 1. The minimum Gasteiger partial charge on any atom is -0.368 e. The lowest BCUT2D eigenvalue weighted by atomic mass is 10.2. The number of nitrogens with zero attached hydrogens (tertiary/aromatic N) is 4. The number of piperazine rings is 1. The van der Waals surface area contributed by atoms with Gasteiger partial charge in [0.2, 0.25) is 10.0 Å². The summed E-state index contributed by atoms with van der Waals surface area (Å²) in [6.45, 7) is 3.73. The number of piperidine rings is 1. The predicted octanol–water partition coefficient (Wildman–Crippen LogP) is 3.10. The molecule has 2 fully saturated rings. The molecular formula is C21H26N4O4S. The fourth-order valence-corrected chi connectivity index (χ4v) is 5.92. The van der Waals surface area contributed by atoms with Crippen molar-refractivity contribution in [2.45, 2.75) is 24.2 Å². The van der Waals surface area contributed by atoms with E-state index in [1.165, 1.54) is 16.4 Å². The molecule has 160 valence electrons. The van der Waals surface area contributed by atoms with Crippen LogP contribution < -0.4 is 9.80 Å². The van der Waals surface area contributed by atoms with Gasteiger partial charge in [-0.1, -0.05) is 24.6 Å². The summed E-state index contributed by atoms with van der Waals surface area (Å²) >= 11 is 0. The first-order chi connectivity index (χ1) is 14.5. The van der Waals surface area contributed by atoms with Gasteiger partial charge in [-0.15, -0.1) is 0 Å². The van der Waals surface area contributed by atoms with Crippen molar-refractivity contribution in [1.82, 2.24) is 4.31 Å². The summed E-state index contributed by atoms with van der Waals surface area (Å²) in [5.41, 5.74) is 1.50. The van der Waals surface area contributed by atoms with Crippen molar-refractivity contribution in [1.29, 1.82) is 0 Å². The Bertz CT molecular complexity index is 999. The van der Waals surface area contributed by atoms with Gasteiger partial charge in [0.15, 0.2) is 0 Å². The van der Waals surface area contributed by atoms with Gasteiger partial charge >= 0.3 is 0 Å². The van der Waals surface area contributed by atoms with Crippen LogP contribution in [0, 0.1) is 10.1 Å². The topological polar surface area (TPSA) is 87.0 Å². The van der Waals surface area contributed by atoms with Gasteiger partial charge in [0.25, 0.3) is 5.69 Å². The molecule has 2 aromatic rings. The number of nitro benzene ring substituents is 1. The van der Waals surface area contributed by atoms with Gasteiger partial charge < -0.3 is 9.80 Å². The Kier molecular flexibility index (Phi) is 5.92. The Balaban J connectivity index is 1.62. The molecule has 0 amide bonds. The molecule has 0 radical (unpaired) electrons. The highest BCUT2D eigenvalue weighted by molar-refractivity contribution is 7.89. The molecule has 2 aromatic carbocycles. The van der Waals surface area contributed by atoms with Gasteiger partial charge in [-0.3, -0.25) is 10.1 Å². The molecule has 9 heteroatoms. The van der Waals surface area contributed by atoms with Gasteiger partial charge in [-0.05, 0) is 31.0 Å². The minimum absolute atomic E-state index is 0.0479. The Hall–Kier alpha value is -2.65. The van der Waals surface area contributed by atoms with Crippen LogP contribution in [0.2, 0.25) is 0 Å². The second-order valence-corrected chi connectivity index (χ2v) is 9.59. The molecule has 8 nitrogen and oxygen atoms in total. The predicted molar refractivity (Wildman–Crippen MR) is 117 cm³/mol. The normalized spacial score (nSPS) is 18.4. The number of non-ortho nitro benzene ring substituents is 1. The molecule has 2 saturated heterocycles. The van der Waals surface area contributed by atoms with Crippen LogP contribution in [-0.2, 0) is 10.0 Å². The van der Waals surface area contributed by atoms with Crippen molar-refractivity contribution in [3.63, 3.8) is 0 Å². The average molecular weight is 431 g/mol. The number of hydrogen-bond donors (Lipinski definition) is 0. The van der Waals surface area contributed by atoms with Crippen molar-refractivity contribution in [2.75, 3.05) is 49.1 Å². The molecule has 0 N–H and O–H groups in total. The van der Waals surface area contributed by atoms with Crippen LogP contribution >= 0.6 is 0 Å². The quantitative estimate of drug-likeness (QED) is 0.535. The highest BCUT2D eigenvalue weighted by Gasteiger charge is 2.32. The summed E-state index contributed by atoms with van der Waals surface area (Å²) in [6.07, 6.45) is 2.65. The molecule has 2 heterocycles. The van der Waals surface area contributed by atoms with E-state index in [1.54, 1.807) is 6.07 Å². The summed E-state index contributed by atoms with van der Waals surface area (Å²) in [6, 6.07) is 14.3. The van der Waals surface area contributed by atoms with Gasteiger partial charge in [-0.25, -0.2) is 8.42 Å². The third-order valence-corrected chi connectivity index (χ3v) is 7.76. The van der Waals surface area contributed by atoms with Crippen LogP contribution in [0.15, 0.2) is 53.4 Å². The molecule has 2 aliphatic heterocycles. The number of anilines is 2. The first-order valence-corrected chi connectivity index (χ1v) is 11.7. The fourth-order valence-electron chi connectivity index (χ4n) is 4.17. The lowest BCUT2D eigenvalue weighted by molar-refractivity contribution is -0.385. The molecule has 0 unspecified atom stereocenters. The van der Waals surface area contributed by atoms with Crippen LogP contribution in [0.3, 0.4) is 0 Å². The average Bonchev–Trinajstić information content (AvgIpc) is 2.80. The van der Waals surface area contributed by atoms with Gasteiger partial charge in [0, 0.05) is 57.1 Å². The molecule has 4 rings (SSSR count). The van der Waals surface area contributed by atoms with E-state index in [0.29, 0.717) is 31.9 Å². The first-order valence-electron chi connectivity index (χ1n) is 10.3. The van der Waals surface area contributed by atoms with Crippen LogP contribution in [-0.4, -0.2) is 56.9 Å². The Labute approximate surface area is 176 Å². The van der Waals surface area contributed by atoms with Crippen LogP contribution in [0.25, 0.3) is 0 Å². The SMILES string of the molecule is O=[N+]([O-])c1ccc(N2CCN(c3ccccc3)CC2)c(S(=O)(=O)N2CCCCC2)c1. The summed E-state index contributed by atoms with van der Waals surface area (Å²) in [5.74, 6) is 0. The largest absolute Gasteiger partial charge is 0.368 e. The number of hydrogen-bond acceptors (Lipinski definition) is 6. The molecule has 0 aliphatic carbocycles. The maximum atomic E-state index is 13.4. The van der Waals surface area contributed by atoms with Crippen molar-refractivity contribution in [3.8, 4) is 0 Å². The van der Waals surface area contributed by atoms with E-state index in [1.807, 2.05) is 23.1 Å². The molecular weight excluding hydrogens is 404 g/mol. The van der Waals surface area contributed by atoms with Crippen LogP contribution in [0.5, 0.6) is 0 Å². The van der Waals surface area contributed by atoms with Crippen LogP contribution in [0.4, 0.5) is 17.1 Å². The molecule has 0 spiro atoms. The smallest absolute Gasteiger partial charge is 0.270 e. The summed E-state index contributed by atoms with van der Waals surface area (Å²) in [5, 5.41) is 11.3. The van der Waals surface area contributed by atoms with E-state index < -0.39 is 14.9 Å². The molecule has 2 aliphatic rings. The number of sulfonamides is 1. The van der Waals surface area contributed by atoms with Crippen molar-refractivity contribution < 1.29 is 13.3 Å². The molecule has 0 bridgehead atoms. The lowest BCUT2D eigenvalue weighted by Gasteiger charge is -2.38. The van der Waals surface area contributed by atoms with E-state index in [-0.39, 0.29) is 10.6 Å². The first kappa shape index (κ1) is 20.6. The van der Waals surface area contributed by atoms with E-state index in [4.69, 9.17) is 0 Å². The standard InChI is InChI=1S/C21H26N4O4S/c26-25(27)19-9-10-20(21(17-19)30(28,29)24-11-5-2-6-12-24)23-15-13-22(14-16-23)18-7-3-1-4-8-18/h1,3-4,7-10,17H,2,5-6,11-16H2. The minimum atomic E-state index is -3.79. The highest BCUT2D eigenvalue weighted by atomic mass is 32.2. The molecule has 0 saturated carbocycles. The summed E-state index contributed by atoms with van der Waals surface area (Å²) < 4.78 is 28.2. The van der Waals surface area contributed by atoms with E-state index in [9.17, 15) is 18.5 Å². The Morgan fingerprint density at radius 1 is 0.800 bits per heavy atom. The monoisotopic (exact) mass is 430 g/mol. The molecule has 0 aromatic heterocycles. The number of rotatable bonds is 5. The van der Waals surface area contributed by atoms with Crippen LogP contribution in [0.1, 0.15) is 19.3 Å². The van der Waals surface area contributed by atoms with Gasteiger partial charge in [-0.2, -0.15) is 4.31 Å². The van der Waals surface area contributed by atoms with Gasteiger partial charge in [0.05, 0.1) is 10.6 Å². The number of benzene rings is 2. The zero-order valence-corrected chi connectivity index (χ0v) is 17.6. The molecule has 0 atom stereocenters. The summed E-state index contributed by atoms with van der Waals surface area (Å²) in [4.78, 5) is 15.1. The maximum absolute atomic E-state index is 13.4. The zero-order chi connectivity index (χ0) is 21.1. The lowest BCUT2D eigenvalue weighted by Crippen LogP contribution is -2.47. The highest BCUT2D eigenvalue weighted by Crippen LogP contribution is 2.33. The van der Waals surface area contributed by atoms with Crippen molar-refractivity contribution >= 4 is 27.1 Å².